The van der Waals surface area contributed by atoms with Gasteiger partial charge in [-0.05, 0) is 19.3 Å². The minimum atomic E-state index is -0.220. The average Bonchev–Trinajstić information content (AvgIpc) is 3.21. The van der Waals surface area contributed by atoms with Crippen LogP contribution >= 0.6 is 0 Å². The zero-order chi connectivity index (χ0) is 13.4. The van der Waals surface area contributed by atoms with Crippen LogP contribution in [-0.2, 0) is 4.79 Å². The van der Waals surface area contributed by atoms with Crippen molar-refractivity contribution in [1.29, 1.82) is 0 Å². The molecule has 0 aromatic carbocycles. The molecule has 1 amide bonds. The number of hydrogen-bond acceptors (Lipinski definition) is 5. The van der Waals surface area contributed by atoms with Crippen molar-refractivity contribution in [3.05, 3.63) is 18.1 Å². The van der Waals surface area contributed by atoms with Crippen LogP contribution in [0.25, 0.3) is 0 Å². The van der Waals surface area contributed by atoms with Gasteiger partial charge in [-0.2, -0.15) is 0 Å². The monoisotopic (exact) mass is 261 g/mol. The maximum Gasteiger partial charge on any atom is 0.242 e. The first-order chi connectivity index (χ1) is 9.19. The fourth-order valence-corrected chi connectivity index (χ4v) is 2.66. The van der Waals surface area contributed by atoms with Crippen LogP contribution in [0.1, 0.15) is 30.9 Å². The van der Waals surface area contributed by atoms with Gasteiger partial charge in [0.2, 0.25) is 5.91 Å². The lowest BCUT2D eigenvalue weighted by Crippen LogP contribution is -2.42. The van der Waals surface area contributed by atoms with Gasteiger partial charge in [-0.1, -0.05) is 0 Å². The van der Waals surface area contributed by atoms with Gasteiger partial charge >= 0.3 is 0 Å². The molecule has 2 heterocycles. The number of likely N-dealkylation sites (N-methyl/N-ethyl adjacent to an activating group) is 1. The van der Waals surface area contributed by atoms with E-state index >= 15 is 0 Å². The van der Waals surface area contributed by atoms with Gasteiger partial charge in [-0.25, -0.2) is 9.97 Å². The van der Waals surface area contributed by atoms with E-state index in [-0.39, 0.29) is 18.0 Å². The molecular formula is C13H19N5O. The Balaban J connectivity index is 1.86. The highest BCUT2D eigenvalue weighted by molar-refractivity contribution is 5.85. The van der Waals surface area contributed by atoms with Crippen molar-refractivity contribution in [3.8, 4) is 0 Å². The number of aromatic nitrogens is 2. The molecule has 0 radical (unpaired) electrons. The van der Waals surface area contributed by atoms with Crippen molar-refractivity contribution in [3.63, 3.8) is 0 Å². The lowest BCUT2D eigenvalue weighted by Gasteiger charge is -2.24. The molecule has 1 aliphatic heterocycles. The maximum atomic E-state index is 11.9. The summed E-state index contributed by atoms with van der Waals surface area (Å²) in [6, 6.07) is 1.80. The van der Waals surface area contributed by atoms with Gasteiger partial charge in [-0.15, -0.1) is 0 Å². The highest BCUT2D eigenvalue weighted by Gasteiger charge is 2.36. The third-order valence-electron chi connectivity index (χ3n) is 3.85. The largest absolute Gasteiger partial charge is 0.357 e. The summed E-state index contributed by atoms with van der Waals surface area (Å²) >= 11 is 0. The number of hydrogen-bond donors (Lipinski definition) is 2. The van der Waals surface area contributed by atoms with Crippen LogP contribution in [0, 0.1) is 0 Å². The van der Waals surface area contributed by atoms with Gasteiger partial charge < -0.3 is 16.0 Å². The minimum Gasteiger partial charge on any atom is -0.357 e. The Hall–Kier alpha value is -1.69. The van der Waals surface area contributed by atoms with E-state index in [1.807, 2.05) is 11.0 Å². The number of carbonyl (C=O) groups excluding carboxylic acids is 1. The van der Waals surface area contributed by atoms with Crippen molar-refractivity contribution in [2.24, 2.45) is 5.73 Å². The number of rotatable bonds is 3. The second-order valence-corrected chi connectivity index (χ2v) is 5.35. The molecule has 0 unspecified atom stereocenters. The molecule has 1 saturated heterocycles. The third kappa shape index (κ3) is 2.40. The van der Waals surface area contributed by atoms with Crippen LogP contribution in [0.2, 0.25) is 0 Å². The quantitative estimate of drug-likeness (QED) is 0.800. The van der Waals surface area contributed by atoms with Gasteiger partial charge in [0.05, 0.1) is 0 Å². The van der Waals surface area contributed by atoms with E-state index in [1.165, 1.54) is 12.8 Å². The van der Waals surface area contributed by atoms with E-state index in [1.54, 1.807) is 13.4 Å². The summed E-state index contributed by atoms with van der Waals surface area (Å²) in [6.45, 7) is 0.666. The number of amides is 1. The molecule has 1 aliphatic carbocycles. The maximum absolute atomic E-state index is 11.9. The van der Waals surface area contributed by atoms with E-state index in [0.29, 0.717) is 18.9 Å². The second kappa shape index (κ2) is 4.77. The van der Waals surface area contributed by atoms with Crippen molar-refractivity contribution in [2.45, 2.75) is 37.3 Å². The highest BCUT2D eigenvalue weighted by Crippen LogP contribution is 2.39. The van der Waals surface area contributed by atoms with Crippen LogP contribution in [0.4, 0.5) is 5.82 Å². The molecule has 19 heavy (non-hydrogen) atoms. The SMILES string of the molecule is CNC(=O)[C@@H]1C[C@@H](N)CN1c1cc(C2CC2)ncn1. The fraction of sp³-hybridized carbons (Fsp3) is 0.615. The Labute approximate surface area is 112 Å². The molecule has 2 fully saturated rings. The molecule has 1 saturated carbocycles. The summed E-state index contributed by atoms with van der Waals surface area (Å²) in [7, 11) is 1.65. The minimum absolute atomic E-state index is 0.000431. The van der Waals surface area contributed by atoms with Crippen LogP contribution in [0.5, 0.6) is 0 Å². The van der Waals surface area contributed by atoms with E-state index in [9.17, 15) is 4.79 Å². The number of carbonyl (C=O) groups is 1. The Morgan fingerprint density at radius 1 is 1.47 bits per heavy atom. The predicted molar refractivity (Wildman–Crippen MR) is 71.8 cm³/mol. The number of nitrogens with zero attached hydrogens (tertiary/aromatic N) is 3. The van der Waals surface area contributed by atoms with Gasteiger partial charge in [0.25, 0.3) is 0 Å². The van der Waals surface area contributed by atoms with Crippen molar-refractivity contribution in [2.75, 3.05) is 18.5 Å². The summed E-state index contributed by atoms with van der Waals surface area (Å²) < 4.78 is 0. The lowest BCUT2D eigenvalue weighted by atomic mass is 10.1. The Morgan fingerprint density at radius 3 is 2.95 bits per heavy atom. The molecule has 1 aromatic rings. The molecule has 6 nitrogen and oxygen atoms in total. The zero-order valence-corrected chi connectivity index (χ0v) is 11.0. The van der Waals surface area contributed by atoms with Gasteiger partial charge in [0, 0.05) is 37.3 Å². The third-order valence-corrected chi connectivity index (χ3v) is 3.85. The molecule has 3 rings (SSSR count). The van der Waals surface area contributed by atoms with Crippen molar-refractivity contribution < 1.29 is 4.79 Å². The van der Waals surface area contributed by atoms with Gasteiger partial charge in [0.15, 0.2) is 0 Å². The standard InChI is InChI=1S/C13H19N5O/c1-15-13(19)11-4-9(14)6-18(11)12-5-10(8-2-3-8)16-7-17-12/h5,7-9,11H,2-4,6,14H2,1H3,(H,15,19)/t9-,11+/m1/s1. The van der Waals surface area contributed by atoms with Crippen LogP contribution in [-0.4, -0.2) is 41.6 Å². The first-order valence-electron chi connectivity index (χ1n) is 6.75. The topological polar surface area (TPSA) is 84.1 Å². The van der Waals surface area contributed by atoms with Gasteiger partial charge in [-0.3, -0.25) is 4.79 Å². The first-order valence-corrected chi connectivity index (χ1v) is 6.75. The highest BCUT2D eigenvalue weighted by atomic mass is 16.2. The number of anilines is 1. The van der Waals surface area contributed by atoms with E-state index in [0.717, 1.165) is 11.5 Å². The number of nitrogens with one attached hydrogen (secondary N) is 1. The lowest BCUT2D eigenvalue weighted by molar-refractivity contribution is -0.121. The molecule has 102 valence electrons. The van der Waals surface area contributed by atoms with Gasteiger partial charge in [0.1, 0.15) is 18.2 Å². The fourth-order valence-electron chi connectivity index (χ4n) is 2.66. The van der Waals surface area contributed by atoms with E-state index < -0.39 is 0 Å². The molecule has 0 spiro atoms. The molecule has 2 atom stereocenters. The zero-order valence-electron chi connectivity index (χ0n) is 11.0. The first kappa shape index (κ1) is 12.3. The average molecular weight is 261 g/mol. The molecule has 2 aliphatic rings. The van der Waals surface area contributed by atoms with Crippen LogP contribution < -0.4 is 16.0 Å². The van der Waals surface area contributed by atoms with Crippen molar-refractivity contribution in [1.82, 2.24) is 15.3 Å². The summed E-state index contributed by atoms with van der Waals surface area (Å²) in [6.07, 6.45) is 4.67. The summed E-state index contributed by atoms with van der Waals surface area (Å²) in [5.41, 5.74) is 7.07. The number of nitrogens with two attached hydrogens (primary N) is 1. The Kier molecular flexibility index (Phi) is 3.10. The summed E-state index contributed by atoms with van der Waals surface area (Å²) in [4.78, 5) is 22.5. The summed E-state index contributed by atoms with van der Waals surface area (Å²) in [5.74, 6) is 1.40. The van der Waals surface area contributed by atoms with Crippen LogP contribution in [0.15, 0.2) is 12.4 Å². The summed E-state index contributed by atoms with van der Waals surface area (Å²) in [5, 5.41) is 2.70. The molecule has 1 aromatic heterocycles. The Bertz CT molecular complexity index is 488. The smallest absolute Gasteiger partial charge is 0.242 e. The second-order valence-electron chi connectivity index (χ2n) is 5.35. The Morgan fingerprint density at radius 2 is 2.26 bits per heavy atom. The molecule has 3 N–H and O–H groups in total. The van der Waals surface area contributed by atoms with E-state index in [2.05, 4.69) is 15.3 Å². The van der Waals surface area contributed by atoms with Crippen LogP contribution in [0.3, 0.4) is 0 Å². The normalized spacial score (nSPS) is 26.5. The molecule has 0 bridgehead atoms. The molecular weight excluding hydrogens is 242 g/mol. The molecule has 6 heteroatoms. The van der Waals surface area contributed by atoms with Crippen molar-refractivity contribution >= 4 is 11.7 Å². The predicted octanol–water partition coefficient (Wildman–Crippen LogP) is 0.00600. The van der Waals surface area contributed by atoms with E-state index in [4.69, 9.17) is 5.73 Å².